The average Bonchev–Trinajstić information content (AvgIpc) is 2.88. The Morgan fingerprint density at radius 1 is 1.35 bits per heavy atom. The van der Waals surface area contributed by atoms with Crippen LogP contribution in [0.15, 0.2) is 52.3 Å². The van der Waals surface area contributed by atoms with Crippen LogP contribution in [0.1, 0.15) is 0 Å². The molecule has 0 aromatic carbocycles. The summed E-state index contributed by atoms with van der Waals surface area (Å²) in [5.74, 6) is -0.575. The molecule has 8 heteroatoms. The van der Waals surface area contributed by atoms with Crippen LogP contribution >= 0.6 is 11.6 Å². The smallest absolute Gasteiger partial charge is 0.260 e. The molecule has 2 aromatic rings. The quantitative estimate of drug-likeness (QED) is 0.833. The van der Waals surface area contributed by atoms with Crippen LogP contribution in [0.2, 0.25) is 0 Å². The minimum absolute atomic E-state index is 0.0455. The van der Waals surface area contributed by atoms with Crippen molar-refractivity contribution in [2.45, 2.75) is 0 Å². The van der Waals surface area contributed by atoms with E-state index in [1.807, 2.05) is 0 Å². The van der Waals surface area contributed by atoms with Gasteiger partial charge in [0.15, 0.2) is 5.69 Å². The molecule has 2 N–H and O–H groups in total. The van der Waals surface area contributed by atoms with Crippen LogP contribution in [0.25, 0.3) is 5.52 Å². The molecule has 0 aliphatic heterocycles. The number of rotatable bonds is 4. The molecule has 0 fully saturated rings. The Bertz CT molecular complexity index is 867. The first-order chi connectivity index (χ1) is 11.1. The largest absolute Gasteiger partial charge is 0.506 e. The van der Waals surface area contributed by atoms with Gasteiger partial charge in [0.25, 0.3) is 5.88 Å². The van der Waals surface area contributed by atoms with Gasteiger partial charge in [-0.05, 0) is 18.2 Å². The van der Waals surface area contributed by atoms with Gasteiger partial charge in [-0.1, -0.05) is 17.7 Å². The fraction of sp³-hybridized carbons (Fsp3) is 0.133. The Balaban J connectivity index is 2.13. The highest BCUT2D eigenvalue weighted by Gasteiger charge is 2.19. The predicted molar refractivity (Wildman–Crippen MR) is 84.5 cm³/mol. The summed E-state index contributed by atoms with van der Waals surface area (Å²) in [5, 5.41) is 23.0. The second kappa shape index (κ2) is 6.23. The summed E-state index contributed by atoms with van der Waals surface area (Å²) in [7, 11) is 0. The van der Waals surface area contributed by atoms with Gasteiger partial charge >= 0.3 is 0 Å². The summed E-state index contributed by atoms with van der Waals surface area (Å²) in [4.78, 5) is 15.7. The fourth-order valence-corrected chi connectivity index (χ4v) is 2.21. The van der Waals surface area contributed by atoms with Crippen LogP contribution in [0, 0.1) is 0 Å². The molecule has 2 heterocycles. The molecule has 0 unspecified atom stereocenters. The van der Waals surface area contributed by atoms with Gasteiger partial charge in [-0.2, -0.15) is 0 Å². The summed E-state index contributed by atoms with van der Waals surface area (Å²) in [6.07, 6.45) is 4.00. The van der Waals surface area contributed by atoms with E-state index in [1.165, 1.54) is 6.08 Å². The number of ether oxygens (including phenoxy) is 1. The van der Waals surface area contributed by atoms with E-state index in [2.05, 4.69) is 10.1 Å². The highest BCUT2D eigenvalue weighted by molar-refractivity contribution is 6.47. The van der Waals surface area contributed by atoms with Crippen LogP contribution in [-0.2, 0) is 4.79 Å². The monoisotopic (exact) mass is 333 g/mol. The summed E-state index contributed by atoms with van der Waals surface area (Å²) < 4.78 is 6.95. The number of halogens is 1. The van der Waals surface area contributed by atoms with Crippen LogP contribution in [-0.4, -0.2) is 44.5 Å². The average molecular weight is 334 g/mol. The van der Waals surface area contributed by atoms with Crippen LogP contribution in [0.4, 0.5) is 5.69 Å². The Morgan fingerprint density at radius 3 is 2.96 bits per heavy atom. The third-order valence-electron chi connectivity index (χ3n) is 3.07. The number of aliphatic hydroxyl groups is 2. The summed E-state index contributed by atoms with van der Waals surface area (Å²) in [6, 6.07) is 5.37. The van der Waals surface area contributed by atoms with Crippen LogP contribution in [0.3, 0.4) is 0 Å². The lowest BCUT2D eigenvalue weighted by atomic mass is 10.1. The molecular weight excluding hydrogens is 322 g/mol. The minimum Gasteiger partial charge on any atom is -0.506 e. The zero-order valence-corrected chi connectivity index (χ0v) is 12.6. The first-order valence-corrected chi connectivity index (χ1v) is 7.10. The number of allylic oxidation sites excluding steroid dienone is 3. The van der Waals surface area contributed by atoms with Gasteiger partial charge in [0, 0.05) is 12.3 Å². The molecule has 23 heavy (non-hydrogen) atoms. The van der Waals surface area contributed by atoms with Gasteiger partial charge in [0.1, 0.15) is 18.1 Å². The van der Waals surface area contributed by atoms with Crippen molar-refractivity contribution in [3.63, 3.8) is 0 Å². The maximum atomic E-state index is 11.4. The van der Waals surface area contributed by atoms with E-state index < -0.39 is 5.78 Å². The van der Waals surface area contributed by atoms with E-state index >= 15 is 0 Å². The molecule has 7 nitrogen and oxygen atoms in total. The van der Waals surface area contributed by atoms with Gasteiger partial charge in [0.05, 0.1) is 17.2 Å². The Labute approximate surface area is 135 Å². The third kappa shape index (κ3) is 2.96. The molecule has 0 radical (unpaired) electrons. The lowest BCUT2D eigenvalue weighted by Crippen LogP contribution is -2.10. The number of hydrogen-bond donors (Lipinski definition) is 2. The Hall–Kier alpha value is -2.64. The Kier molecular flexibility index (Phi) is 4.14. The lowest BCUT2D eigenvalue weighted by Gasteiger charge is -2.07. The molecule has 0 saturated heterocycles. The molecular formula is C15H12ClN3O4. The second-order valence-corrected chi connectivity index (χ2v) is 5.05. The number of hydrogen-bond acceptors (Lipinski definition) is 6. The highest BCUT2D eigenvalue weighted by Crippen LogP contribution is 2.33. The SMILES string of the molecule is O=C1C=C(O)/C(=N/c2c(OCCO)nn3ccccc23)C=C1Cl. The van der Waals surface area contributed by atoms with Crippen molar-refractivity contribution in [2.75, 3.05) is 13.2 Å². The van der Waals surface area contributed by atoms with Crippen LogP contribution in [0.5, 0.6) is 5.88 Å². The maximum Gasteiger partial charge on any atom is 0.260 e. The number of aliphatic imine (C=N–C) groups is 1. The Morgan fingerprint density at radius 2 is 2.17 bits per heavy atom. The zero-order chi connectivity index (χ0) is 16.4. The van der Waals surface area contributed by atoms with E-state index in [4.69, 9.17) is 21.4 Å². The summed E-state index contributed by atoms with van der Waals surface area (Å²) in [5.41, 5.74) is 1.13. The highest BCUT2D eigenvalue weighted by atomic mass is 35.5. The molecule has 2 aromatic heterocycles. The number of pyridine rings is 1. The predicted octanol–water partition coefficient (Wildman–Crippen LogP) is 1.93. The number of nitrogens with zero attached hydrogens (tertiary/aromatic N) is 3. The van der Waals surface area contributed by atoms with E-state index in [0.29, 0.717) is 11.2 Å². The van der Waals surface area contributed by atoms with Gasteiger partial charge in [-0.25, -0.2) is 9.51 Å². The molecule has 0 amide bonds. The molecule has 0 spiro atoms. The normalized spacial score (nSPS) is 16.6. The van der Waals surface area contributed by atoms with Crippen molar-refractivity contribution < 1.29 is 19.7 Å². The van der Waals surface area contributed by atoms with Crippen molar-refractivity contribution in [2.24, 2.45) is 4.99 Å². The second-order valence-electron chi connectivity index (χ2n) is 4.64. The van der Waals surface area contributed by atoms with Crippen molar-refractivity contribution in [1.29, 1.82) is 0 Å². The topological polar surface area (TPSA) is 96.4 Å². The van der Waals surface area contributed by atoms with Gasteiger partial charge in [0.2, 0.25) is 5.78 Å². The first-order valence-electron chi connectivity index (χ1n) is 6.72. The number of ketones is 1. The van der Waals surface area contributed by atoms with E-state index in [9.17, 15) is 9.90 Å². The van der Waals surface area contributed by atoms with Crippen molar-refractivity contribution in [3.05, 3.63) is 47.3 Å². The van der Waals surface area contributed by atoms with Gasteiger partial charge in [-0.15, -0.1) is 5.10 Å². The summed E-state index contributed by atoms with van der Waals surface area (Å²) >= 11 is 5.80. The number of carbonyl (C=O) groups excluding carboxylic acids is 1. The minimum atomic E-state index is -0.486. The summed E-state index contributed by atoms with van der Waals surface area (Å²) in [6.45, 7) is -0.117. The molecule has 1 aliphatic carbocycles. The van der Waals surface area contributed by atoms with Gasteiger partial charge < -0.3 is 14.9 Å². The molecule has 0 atom stereocenters. The molecule has 0 saturated carbocycles. The van der Waals surface area contributed by atoms with Crippen molar-refractivity contribution in [1.82, 2.24) is 9.61 Å². The standard InChI is InChI=1S/C15H12ClN3O4/c16-9-7-10(13(22)8-12(9)21)17-14-11-3-1-2-4-19(11)18-15(14)23-6-5-20/h1-4,7-8,20,22H,5-6H2/b17-10+. The molecule has 3 rings (SSSR count). The maximum absolute atomic E-state index is 11.4. The van der Waals surface area contributed by atoms with Gasteiger partial charge in [-0.3, -0.25) is 4.79 Å². The van der Waals surface area contributed by atoms with E-state index in [0.717, 1.165) is 6.08 Å². The number of carbonyl (C=O) groups is 1. The van der Waals surface area contributed by atoms with E-state index in [1.54, 1.807) is 28.9 Å². The number of aliphatic hydroxyl groups excluding tert-OH is 2. The van der Waals surface area contributed by atoms with E-state index in [-0.39, 0.29) is 35.6 Å². The fourth-order valence-electron chi connectivity index (χ4n) is 2.05. The zero-order valence-electron chi connectivity index (χ0n) is 11.8. The third-order valence-corrected chi connectivity index (χ3v) is 3.37. The van der Waals surface area contributed by atoms with Crippen molar-refractivity contribution in [3.8, 4) is 5.88 Å². The first kappa shape index (κ1) is 15.3. The van der Waals surface area contributed by atoms with Crippen LogP contribution < -0.4 is 4.74 Å². The number of fused-ring (bicyclic) bond motifs is 1. The molecule has 0 bridgehead atoms. The number of aromatic nitrogens is 2. The van der Waals surface area contributed by atoms with Crippen molar-refractivity contribution >= 4 is 34.3 Å². The lowest BCUT2D eigenvalue weighted by molar-refractivity contribution is -0.110. The molecule has 118 valence electrons. The molecule has 1 aliphatic rings.